The highest BCUT2D eigenvalue weighted by molar-refractivity contribution is 5.91. The lowest BCUT2D eigenvalue weighted by atomic mass is 10.3. The zero-order valence-electron chi connectivity index (χ0n) is 8.45. The van der Waals surface area contributed by atoms with E-state index in [-0.39, 0.29) is 11.4 Å². The number of nitrogens with two attached hydrogens (primary N) is 1. The Morgan fingerprint density at radius 1 is 1.56 bits per heavy atom. The molecule has 7 heteroatoms. The third-order valence-corrected chi connectivity index (χ3v) is 1.96. The van der Waals surface area contributed by atoms with Gasteiger partial charge in [0.25, 0.3) is 0 Å². The smallest absolute Gasteiger partial charge is 0.358 e. The molecule has 0 spiro atoms. The normalized spacial score (nSPS) is 10.3. The molecule has 0 atom stereocenters. The van der Waals surface area contributed by atoms with Gasteiger partial charge in [0, 0.05) is 0 Å². The minimum atomic E-state index is -1.17. The monoisotopic (exact) mass is 219 g/mol. The van der Waals surface area contributed by atoms with E-state index in [1.807, 2.05) is 6.92 Å². The molecule has 0 amide bonds. The Balaban J connectivity index is 2.49. The van der Waals surface area contributed by atoms with Crippen LogP contribution in [0.15, 0.2) is 18.5 Å². The number of aryl methyl sites for hydroxylation is 1. The summed E-state index contributed by atoms with van der Waals surface area (Å²) < 4.78 is 1.29. The number of aromatic carboxylic acids is 1. The van der Waals surface area contributed by atoms with Crippen LogP contribution < -0.4 is 5.73 Å². The van der Waals surface area contributed by atoms with Gasteiger partial charge in [-0.05, 0) is 18.6 Å². The number of nitrogens with zero attached hydrogens (tertiary/aromatic N) is 4. The third-order valence-electron chi connectivity index (χ3n) is 1.96. The predicted octanol–water partition coefficient (Wildman–Crippen LogP) is 0.251. The van der Waals surface area contributed by atoms with Gasteiger partial charge in [0.1, 0.15) is 0 Å². The number of carbonyl (C=O) groups is 1. The van der Waals surface area contributed by atoms with E-state index in [1.54, 1.807) is 12.3 Å². The Kier molecular flexibility index (Phi) is 2.28. The van der Waals surface area contributed by atoms with Crippen LogP contribution in [0.5, 0.6) is 0 Å². The van der Waals surface area contributed by atoms with Crippen molar-refractivity contribution in [2.45, 2.75) is 6.92 Å². The zero-order valence-corrected chi connectivity index (χ0v) is 8.45. The molecule has 3 N–H and O–H groups in total. The molecule has 0 aromatic carbocycles. The van der Waals surface area contributed by atoms with Crippen molar-refractivity contribution in [1.29, 1.82) is 0 Å². The van der Waals surface area contributed by atoms with Crippen molar-refractivity contribution in [3.05, 3.63) is 29.7 Å². The number of hydrogen-bond acceptors (Lipinski definition) is 5. The summed E-state index contributed by atoms with van der Waals surface area (Å²) in [6, 6.07) is 1.73. The summed E-state index contributed by atoms with van der Waals surface area (Å²) in [5, 5.41) is 20.2. The first-order chi connectivity index (χ1) is 7.58. The van der Waals surface area contributed by atoms with Gasteiger partial charge < -0.3 is 10.8 Å². The van der Waals surface area contributed by atoms with Gasteiger partial charge in [-0.2, -0.15) is 10.2 Å². The van der Waals surface area contributed by atoms with Crippen LogP contribution in [0.25, 0.3) is 5.82 Å². The van der Waals surface area contributed by atoms with Gasteiger partial charge in [0.15, 0.2) is 11.5 Å². The lowest BCUT2D eigenvalue weighted by Gasteiger charge is -1.98. The van der Waals surface area contributed by atoms with Gasteiger partial charge in [-0.3, -0.25) is 0 Å². The Morgan fingerprint density at radius 3 is 2.88 bits per heavy atom. The van der Waals surface area contributed by atoms with Crippen LogP contribution in [0.2, 0.25) is 0 Å². The fourth-order valence-corrected chi connectivity index (χ4v) is 1.23. The van der Waals surface area contributed by atoms with Crippen LogP contribution >= 0.6 is 0 Å². The van der Waals surface area contributed by atoms with E-state index in [9.17, 15) is 4.79 Å². The Labute approximate surface area is 90.5 Å². The summed E-state index contributed by atoms with van der Waals surface area (Å²) in [4.78, 5) is 10.7. The molecular formula is C9H9N5O2. The molecule has 2 aromatic rings. The molecule has 7 nitrogen and oxygen atoms in total. The molecule has 0 aliphatic heterocycles. The first-order valence-electron chi connectivity index (χ1n) is 4.46. The largest absolute Gasteiger partial charge is 0.476 e. The summed E-state index contributed by atoms with van der Waals surface area (Å²) in [5.74, 6) is -0.740. The molecule has 0 fully saturated rings. The average molecular weight is 219 g/mol. The second-order valence-corrected chi connectivity index (χ2v) is 3.27. The number of rotatable bonds is 2. The van der Waals surface area contributed by atoms with Gasteiger partial charge >= 0.3 is 5.97 Å². The second-order valence-electron chi connectivity index (χ2n) is 3.27. The number of hydrogen-bond donors (Lipinski definition) is 2. The zero-order chi connectivity index (χ0) is 11.7. The van der Waals surface area contributed by atoms with E-state index in [2.05, 4.69) is 15.3 Å². The third kappa shape index (κ3) is 1.70. The van der Waals surface area contributed by atoms with E-state index >= 15 is 0 Å². The predicted molar refractivity (Wildman–Crippen MR) is 55.3 cm³/mol. The van der Waals surface area contributed by atoms with Crippen molar-refractivity contribution in [2.24, 2.45) is 0 Å². The minimum Gasteiger partial charge on any atom is -0.476 e. The molecule has 2 rings (SSSR count). The maximum absolute atomic E-state index is 10.7. The molecule has 0 radical (unpaired) electrons. The van der Waals surface area contributed by atoms with E-state index < -0.39 is 5.97 Å². The first kappa shape index (κ1) is 10.1. The van der Waals surface area contributed by atoms with Crippen LogP contribution in [-0.4, -0.2) is 31.1 Å². The minimum absolute atomic E-state index is 0.0933. The van der Waals surface area contributed by atoms with E-state index in [0.717, 1.165) is 5.56 Å². The maximum Gasteiger partial charge on any atom is 0.358 e. The van der Waals surface area contributed by atoms with Crippen molar-refractivity contribution in [1.82, 2.24) is 20.0 Å². The fourth-order valence-electron chi connectivity index (χ4n) is 1.23. The molecule has 0 aliphatic carbocycles. The molecule has 0 aliphatic rings. The lowest BCUT2D eigenvalue weighted by molar-refractivity contribution is 0.0691. The van der Waals surface area contributed by atoms with E-state index in [4.69, 9.17) is 10.8 Å². The molecule has 16 heavy (non-hydrogen) atoms. The molecule has 82 valence electrons. The average Bonchev–Trinajstić information content (AvgIpc) is 2.60. The van der Waals surface area contributed by atoms with Crippen molar-refractivity contribution in [2.75, 3.05) is 5.73 Å². The van der Waals surface area contributed by atoms with Crippen molar-refractivity contribution >= 4 is 11.7 Å². The molecule has 0 saturated carbocycles. The van der Waals surface area contributed by atoms with Gasteiger partial charge in [-0.15, -0.1) is 5.10 Å². The number of carboxylic acid groups (broad SMARTS) is 1. The topological polar surface area (TPSA) is 107 Å². The SMILES string of the molecule is Cc1cnnc(-n2cc(N)c(C(=O)O)n2)c1. The van der Waals surface area contributed by atoms with Gasteiger partial charge in [-0.1, -0.05) is 0 Å². The van der Waals surface area contributed by atoms with E-state index in [1.165, 1.54) is 10.9 Å². The molecule has 0 bridgehead atoms. The van der Waals surface area contributed by atoms with Crippen molar-refractivity contribution in [3.8, 4) is 5.82 Å². The second kappa shape index (κ2) is 3.61. The van der Waals surface area contributed by atoms with Gasteiger partial charge in [0.05, 0.1) is 18.1 Å². The number of aromatic nitrogens is 4. The fraction of sp³-hybridized carbons (Fsp3) is 0.111. The van der Waals surface area contributed by atoms with Crippen molar-refractivity contribution < 1.29 is 9.90 Å². The van der Waals surface area contributed by atoms with E-state index in [0.29, 0.717) is 5.82 Å². The van der Waals surface area contributed by atoms with Gasteiger partial charge in [-0.25, -0.2) is 9.48 Å². The Bertz CT molecular complexity index is 549. The van der Waals surface area contributed by atoms with Crippen LogP contribution in [0.4, 0.5) is 5.69 Å². The summed E-state index contributed by atoms with van der Waals surface area (Å²) in [6.07, 6.45) is 2.99. The summed E-state index contributed by atoms with van der Waals surface area (Å²) in [5.41, 5.74) is 6.31. The van der Waals surface area contributed by atoms with Crippen LogP contribution in [0, 0.1) is 6.92 Å². The van der Waals surface area contributed by atoms with Crippen LogP contribution in [0.3, 0.4) is 0 Å². The molecule has 0 unspecified atom stereocenters. The lowest BCUT2D eigenvalue weighted by Crippen LogP contribution is -2.04. The molecular weight excluding hydrogens is 210 g/mol. The van der Waals surface area contributed by atoms with Gasteiger partial charge in [0.2, 0.25) is 0 Å². The number of anilines is 1. The standard InChI is InChI=1S/C9H9N5O2/c1-5-2-7(12-11-3-5)14-4-6(10)8(13-14)9(15)16/h2-4H,10H2,1H3,(H,15,16). The highest BCUT2D eigenvalue weighted by Gasteiger charge is 2.14. The Hall–Kier alpha value is -2.44. The highest BCUT2D eigenvalue weighted by Crippen LogP contribution is 2.12. The Morgan fingerprint density at radius 2 is 2.31 bits per heavy atom. The number of carboxylic acids is 1. The van der Waals surface area contributed by atoms with Crippen LogP contribution in [-0.2, 0) is 0 Å². The van der Waals surface area contributed by atoms with Crippen LogP contribution in [0.1, 0.15) is 16.1 Å². The van der Waals surface area contributed by atoms with Crippen molar-refractivity contribution in [3.63, 3.8) is 0 Å². The summed E-state index contributed by atoms with van der Waals surface area (Å²) >= 11 is 0. The summed E-state index contributed by atoms with van der Waals surface area (Å²) in [6.45, 7) is 1.85. The number of nitrogen functional groups attached to an aromatic ring is 1. The maximum atomic E-state index is 10.7. The highest BCUT2D eigenvalue weighted by atomic mass is 16.4. The first-order valence-corrected chi connectivity index (χ1v) is 4.46. The summed E-state index contributed by atoms with van der Waals surface area (Å²) in [7, 11) is 0. The quantitative estimate of drug-likeness (QED) is 0.749. The molecule has 0 saturated heterocycles. The molecule has 2 aromatic heterocycles. The molecule has 2 heterocycles.